The van der Waals surface area contributed by atoms with Gasteiger partial charge in [-0.2, -0.15) is 0 Å². The van der Waals surface area contributed by atoms with Crippen molar-refractivity contribution in [2.45, 2.75) is 27.2 Å². The van der Waals surface area contributed by atoms with Gasteiger partial charge in [0.15, 0.2) is 12.4 Å². The number of hydrogen-bond acceptors (Lipinski definition) is 5. The molecule has 0 bridgehead atoms. The maximum absolute atomic E-state index is 12.3. The smallest absolute Gasteiger partial charge is 0.339 e. The van der Waals surface area contributed by atoms with Gasteiger partial charge in [0, 0.05) is 22.1 Å². The Morgan fingerprint density at radius 2 is 1.74 bits per heavy atom. The van der Waals surface area contributed by atoms with E-state index in [9.17, 15) is 9.59 Å². The van der Waals surface area contributed by atoms with Crippen molar-refractivity contribution >= 4 is 16.8 Å². The minimum absolute atomic E-state index is 0.102. The second kappa shape index (κ2) is 7.66. The molecule has 0 amide bonds. The summed E-state index contributed by atoms with van der Waals surface area (Å²) in [7, 11) is 1.58. The van der Waals surface area contributed by atoms with Crippen molar-refractivity contribution in [1.82, 2.24) is 0 Å². The molecular weight excluding hydrogens is 344 g/mol. The summed E-state index contributed by atoms with van der Waals surface area (Å²) < 4.78 is 16.3. The van der Waals surface area contributed by atoms with Gasteiger partial charge in [-0.3, -0.25) is 4.79 Å². The van der Waals surface area contributed by atoms with Crippen LogP contribution in [0.1, 0.15) is 34.0 Å². The predicted octanol–water partition coefficient (Wildman–Crippen LogP) is 4.24. The number of methoxy groups -OCH3 is 1. The van der Waals surface area contributed by atoms with E-state index in [1.165, 1.54) is 0 Å². The molecular formula is C22H22O5. The SMILES string of the molecule is CCc1c(C)c2ccc(OCC(=O)c3ccc(OC)cc3)c(C)c2oc1=O. The number of rotatable bonds is 6. The van der Waals surface area contributed by atoms with Crippen LogP contribution >= 0.6 is 0 Å². The molecule has 5 heteroatoms. The Kier molecular flexibility index (Phi) is 5.31. The van der Waals surface area contributed by atoms with Crippen molar-refractivity contribution in [2.24, 2.45) is 0 Å². The average Bonchev–Trinajstić information content (AvgIpc) is 2.68. The number of aryl methyl sites for hydroxylation is 2. The molecule has 1 aromatic heterocycles. The molecule has 27 heavy (non-hydrogen) atoms. The molecule has 0 aliphatic heterocycles. The van der Waals surface area contributed by atoms with E-state index >= 15 is 0 Å². The highest BCUT2D eigenvalue weighted by atomic mass is 16.5. The molecule has 5 nitrogen and oxygen atoms in total. The zero-order chi connectivity index (χ0) is 19.6. The molecule has 140 valence electrons. The standard InChI is InChI=1S/C22H22O5/c1-5-17-13(2)18-10-11-20(14(3)21(18)27-22(17)24)26-12-19(23)15-6-8-16(25-4)9-7-15/h6-11H,5,12H2,1-4H3. The Morgan fingerprint density at radius 1 is 1.04 bits per heavy atom. The van der Waals surface area contributed by atoms with Gasteiger partial charge in [0.2, 0.25) is 0 Å². The summed E-state index contributed by atoms with van der Waals surface area (Å²) in [5.74, 6) is 1.07. The molecule has 0 N–H and O–H groups in total. The molecule has 0 aliphatic carbocycles. The lowest BCUT2D eigenvalue weighted by molar-refractivity contribution is 0.0921. The first-order valence-electron chi connectivity index (χ1n) is 8.82. The average molecular weight is 366 g/mol. The second-order valence-electron chi connectivity index (χ2n) is 6.35. The highest BCUT2D eigenvalue weighted by Gasteiger charge is 2.15. The van der Waals surface area contributed by atoms with Crippen molar-refractivity contribution in [3.05, 3.63) is 69.1 Å². The molecule has 2 aromatic carbocycles. The third kappa shape index (κ3) is 3.58. The van der Waals surface area contributed by atoms with Crippen LogP contribution in [0.3, 0.4) is 0 Å². The summed E-state index contributed by atoms with van der Waals surface area (Å²) in [4.78, 5) is 24.5. The fourth-order valence-electron chi connectivity index (χ4n) is 3.14. The predicted molar refractivity (Wildman–Crippen MR) is 104 cm³/mol. The van der Waals surface area contributed by atoms with E-state index in [4.69, 9.17) is 13.9 Å². The van der Waals surface area contributed by atoms with Gasteiger partial charge in [0.05, 0.1) is 7.11 Å². The van der Waals surface area contributed by atoms with Gasteiger partial charge < -0.3 is 13.9 Å². The summed E-state index contributed by atoms with van der Waals surface area (Å²) in [6, 6.07) is 10.5. The van der Waals surface area contributed by atoms with E-state index in [-0.39, 0.29) is 18.0 Å². The summed E-state index contributed by atoms with van der Waals surface area (Å²) in [5, 5.41) is 0.887. The summed E-state index contributed by atoms with van der Waals surface area (Å²) in [6.45, 7) is 5.57. The molecule has 0 spiro atoms. The minimum Gasteiger partial charge on any atom is -0.497 e. The van der Waals surface area contributed by atoms with Gasteiger partial charge in [-0.1, -0.05) is 6.92 Å². The topological polar surface area (TPSA) is 65.7 Å². The lowest BCUT2D eigenvalue weighted by Crippen LogP contribution is -2.13. The highest BCUT2D eigenvalue weighted by Crippen LogP contribution is 2.29. The molecule has 0 fully saturated rings. The van der Waals surface area contributed by atoms with Crippen LogP contribution in [0.2, 0.25) is 0 Å². The third-order valence-corrected chi connectivity index (χ3v) is 4.78. The third-order valence-electron chi connectivity index (χ3n) is 4.78. The maximum atomic E-state index is 12.3. The number of ketones is 1. The van der Waals surface area contributed by atoms with Gasteiger partial charge in [-0.25, -0.2) is 4.79 Å². The van der Waals surface area contributed by atoms with E-state index in [0.29, 0.717) is 40.2 Å². The first kappa shape index (κ1) is 18.7. The van der Waals surface area contributed by atoms with Crippen LogP contribution in [0.5, 0.6) is 11.5 Å². The normalized spacial score (nSPS) is 10.8. The lowest BCUT2D eigenvalue weighted by Gasteiger charge is -2.12. The number of carbonyl (C=O) groups is 1. The van der Waals surface area contributed by atoms with E-state index in [1.807, 2.05) is 32.9 Å². The van der Waals surface area contributed by atoms with Crippen LogP contribution in [0.25, 0.3) is 11.0 Å². The van der Waals surface area contributed by atoms with E-state index in [0.717, 1.165) is 10.9 Å². The van der Waals surface area contributed by atoms with Crippen molar-refractivity contribution in [2.75, 3.05) is 13.7 Å². The fraction of sp³-hybridized carbons (Fsp3) is 0.273. The Balaban J connectivity index is 1.85. The number of fused-ring (bicyclic) bond motifs is 1. The van der Waals surface area contributed by atoms with Crippen molar-refractivity contribution in [3.8, 4) is 11.5 Å². The van der Waals surface area contributed by atoms with Gasteiger partial charge in [0.25, 0.3) is 0 Å². The maximum Gasteiger partial charge on any atom is 0.339 e. The molecule has 1 heterocycles. The second-order valence-corrected chi connectivity index (χ2v) is 6.35. The molecule has 3 rings (SSSR count). The number of carbonyl (C=O) groups excluding carboxylic acids is 1. The first-order valence-corrected chi connectivity index (χ1v) is 8.82. The monoisotopic (exact) mass is 366 g/mol. The zero-order valence-corrected chi connectivity index (χ0v) is 15.9. The number of hydrogen-bond donors (Lipinski definition) is 0. The van der Waals surface area contributed by atoms with Crippen LogP contribution < -0.4 is 15.1 Å². The van der Waals surface area contributed by atoms with Gasteiger partial charge in [-0.15, -0.1) is 0 Å². The molecule has 0 atom stereocenters. The Morgan fingerprint density at radius 3 is 2.37 bits per heavy atom. The molecule has 0 saturated heterocycles. The van der Waals surface area contributed by atoms with Gasteiger partial charge in [0.1, 0.15) is 17.1 Å². The Bertz CT molecular complexity index is 1040. The number of ether oxygens (including phenoxy) is 2. The van der Waals surface area contributed by atoms with Crippen molar-refractivity contribution < 1.29 is 18.7 Å². The van der Waals surface area contributed by atoms with Crippen LogP contribution in [0.4, 0.5) is 0 Å². The van der Waals surface area contributed by atoms with Crippen LogP contribution in [-0.2, 0) is 6.42 Å². The molecule has 0 aliphatic rings. The van der Waals surface area contributed by atoms with Crippen LogP contribution in [-0.4, -0.2) is 19.5 Å². The van der Waals surface area contributed by atoms with E-state index < -0.39 is 0 Å². The highest BCUT2D eigenvalue weighted by molar-refractivity contribution is 5.97. The van der Waals surface area contributed by atoms with Gasteiger partial charge in [-0.05, 0) is 62.2 Å². The quantitative estimate of drug-likeness (QED) is 0.482. The molecule has 0 unspecified atom stereocenters. The molecule has 3 aromatic rings. The number of benzene rings is 2. The number of Topliss-reactive ketones (excluding diaryl/α,β-unsaturated/α-hetero) is 1. The zero-order valence-electron chi connectivity index (χ0n) is 15.9. The summed E-state index contributed by atoms with van der Waals surface area (Å²) >= 11 is 0. The lowest BCUT2D eigenvalue weighted by atomic mass is 10.0. The molecule has 0 radical (unpaired) electrons. The van der Waals surface area contributed by atoms with E-state index in [1.54, 1.807) is 31.4 Å². The van der Waals surface area contributed by atoms with Crippen LogP contribution in [0.15, 0.2) is 45.6 Å². The minimum atomic E-state index is -0.322. The van der Waals surface area contributed by atoms with Crippen molar-refractivity contribution in [1.29, 1.82) is 0 Å². The van der Waals surface area contributed by atoms with Gasteiger partial charge >= 0.3 is 5.63 Å². The van der Waals surface area contributed by atoms with Crippen molar-refractivity contribution in [3.63, 3.8) is 0 Å². The molecule has 0 saturated carbocycles. The first-order chi connectivity index (χ1) is 13.0. The Labute approximate surface area is 157 Å². The fourth-order valence-corrected chi connectivity index (χ4v) is 3.14. The summed E-state index contributed by atoms with van der Waals surface area (Å²) in [6.07, 6.45) is 0.623. The Hall–Kier alpha value is -3.08. The van der Waals surface area contributed by atoms with E-state index in [2.05, 4.69) is 0 Å². The summed E-state index contributed by atoms with van der Waals surface area (Å²) in [5.41, 5.74) is 3.04. The van der Waals surface area contributed by atoms with Crippen LogP contribution in [0, 0.1) is 13.8 Å². The largest absolute Gasteiger partial charge is 0.497 e.